The summed E-state index contributed by atoms with van der Waals surface area (Å²) in [4.78, 5) is 16.8. The van der Waals surface area contributed by atoms with Gasteiger partial charge < -0.3 is 14.8 Å². The molecule has 0 saturated heterocycles. The van der Waals surface area contributed by atoms with Crippen LogP contribution in [0.2, 0.25) is 0 Å². The summed E-state index contributed by atoms with van der Waals surface area (Å²) in [6, 6.07) is 16.8. The van der Waals surface area contributed by atoms with E-state index in [2.05, 4.69) is 20.5 Å². The Kier molecular flexibility index (Phi) is 5.11. The molecule has 0 saturated carbocycles. The highest BCUT2D eigenvalue weighted by atomic mass is 16.5. The van der Waals surface area contributed by atoms with E-state index in [1.807, 2.05) is 49.4 Å². The maximum Gasteiger partial charge on any atom is 0.272 e. The molecule has 7 nitrogen and oxygen atoms in total. The Balaban J connectivity index is 1.39. The number of benzene rings is 2. The number of carbonyl (C=O) groups is 1. The molecule has 2 aromatic carbocycles. The first kappa shape index (κ1) is 18.5. The van der Waals surface area contributed by atoms with E-state index in [4.69, 9.17) is 9.47 Å². The molecule has 1 amide bonds. The van der Waals surface area contributed by atoms with Crippen LogP contribution in [0.15, 0.2) is 60.8 Å². The highest BCUT2D eigenvalue weighted by Gasteiger charge is 2.14. The summed E-state index contributed by atoms with van der Waals surface area (Å²) in [5.41, 5.74) is 3.15. The number of amides is 1. The van der Waals surface area contributed by atoms with Crippen LogP contribution in [0.3, 0.4) is 0 Å². The monoisotopic (exact) mass is 388 g/mol. The van der Waals surface area contributed by atoms with Crippen LogP contribution in [0.1, 0.15) is 21.6 Å². The van der Waals surface area contributed by atoms with Gasteiger partial charge in [0.1, 0.15) is 11.5 Å². The molecule has 0 unspecified atom stereocenters. The summed E-state index contributed by atoms with van der Waals surface area (Å²) in [6.45, 7) is 2.32. The lowest BCUT2D eigenvalue weighted by Gasteiger charge is -2.08. The van der Waals surface area contributed by atoms with Crippen LogP contribution in [0, 0.1) is 6.92 Å². The van der Waals surface area contributed by atoms with Crippen molar-refractivity contribution in [2.24, 2.45) is 0 Å². The molecular formula is C22H20N4O3. The highest BCUT2D eigenvalue weighted by molar-refractivity contribution is 6.04. The van der Waals surface area contributed by atoms with Gasteiger partial charge in [-0.05, 0) is 36.8 Å². The number of pyridine rings is 1. The van der Waals surface area contributed by atoms with Gasteiger partial charge in [0.2, 0.25) is 5.88 Å². The smallest absolute Gasteiger partial charge is 0.272 e. The lowest BCUT2D eigenvalue weighted by Crippen LogP contribution is -2.23. The number of aromatic amines is 1. The van der Waals surface area contributed by atoms with Crippen LogP contribution in [0.4, 0.5) is 0 Å². The zero-order valence-electron chi connectivity index (χ0n) is 16.1. The van der Waals surface area contributed by atoms with E-state index in [0.29, 0.717) is 29.6 Å². The molecule has 4 aromatic rings. The minimum absolute atomic E-state index is 0.237. The predicted molar refractivity (Wildman–Crippen MR) is 109 cm³/mol. The summed E-state index contributed by atoms with van der Waals surface area (Å²) in [6.07, 6.45) is 1.67. The van der Waals surface area contributed by atoms with Crippen molar-refractivity contribution in [3.05, 3.63) is 77.6 Å². The summed E-state index contributed by atoms with van der Waals surface area (Å²) < 4.78 is 10.9. The number of aromatic nitrogens is 3. The number of nitrogens with zero attached hydrogens (tertiary/aromatic N) is 2. The number of nitrogens with one attached hydrogen (secondary N) is 2. The molecule has 4 rings (SSSR count). The van der Waals surface area contributed by atoms with Gasteiger partial charge in [-0.3, -0.25) is 9.89 Å². The Bertz CT molecular complexity index is 1150. The van der Waals surface area contributed by atoms with Crippen LogP contribution >= 0.6 is 0 Å². The molecular weight excluding hydrogens is 368 g/mol. The van der Waals surface area contributed by atoms with Crippen molar-refractivity contribution >= 4 is 16.8 Å². The van der Waals surface area contributed by atoms with Crippen LogP contribution in [0.5, 0.6) is 17.4 Å². The van der Waals surface area contributed by atoms with Crippen molar-refractivity contribution in [2.75, 3.05) is 7.11 Å². The lowest BCUT2D eigenvalue weighted by atomic mass is 10.1. The second-order valence-electron chi connectivity index (χ2n) is 6.59. The Morgan fingerprint density at radius 1 is 1.10 bits per heavy atom. The number of rotatable bonds is 6. The second kappa shape index (κ2) is 8.02. The Hall–Kier alpha value is -3.87. The maximum absolute atomic E-state index is 12.5. The van der Waals surface area contributed by atoms with Crippen LogP contribution in [-0.2, 0) is 6.54 Å². The van der Waals surface area contributed by atoms with Crippen molar-refractivity contribution in [1.82, 2.24) is 20.5 Å². The fourth-order valence-electron chi connectivity index (χ4n) is 2.93. The van der Waals surface area contributed by atoms with Gasteiger partial charge in [-0.1, -0.05) is 23.8 Å². The van der Waals surface area contributed by atoms with E-state index in [-0.39, 0.29) is 5.91 Å². The average Bonchev–Trinajstić information content (AvgIpc) is 3.16. The van der Waals surface area contributed by atoms with Gasteiger partial charge in [0, 0.05) is 30.3 Å². The standard InChI is InChI=1S/C22H20N4O3/c1-14-6-8-19-18(10-14)21(26-25-19)22(27)24-13-15-7-9-20(23-12-15)29-17-5-3-4-16(11-17)28-2/h3-12H,13H2,1-2H3,(H,24,27)(H,25,26). The zero-order chi connectivity index (χ0) is 20.2. The van der Waals surface area contributed by atoms with Crippen molar-refractivity contribution in [2.45, 2.75) is 13.5 Å². The third-order valence-electron chi connectivity index (χ3n) is 4.45. The van der Waals surface area contributed by atoms with Crippen molar-refractivity contribution < 1.29 is 14.3 Å². The zero-order valence-corrected chi connectivity index (χ0v) is 16.1. The van der Waals surface area contributed by atoms with E-state index in [9.17, 15) is 4.79 Å². The summed E-state index contributed by atoms with van der Waals surface area (Å²) >= 11 is 0. The van der Waals surface area contributed by atoms with Crippen LogP contribution < -0.4 is 14.8 Å². The number of carbonyl (C=O) groups excluding carboxylic acids is 1. The highest BCUT2D eigenvalue weighted by Crippen LogP contribution is 2.24. The average molecular weight is 388 g/mol. The van der Waals surface area contributed by atoms with Gasteiger partial charge in [0.25, 0.3) is 5.91 Å². The number of hydrogen-bond acceptors (Lipinski definition) is 5. The SMILES string of the molecule is COc1cccc(Oc2ccc(CNC(=O)c3n[nH]c4ccc(C)cc34)cn2)c1. The fourth-order valence-corrected chi connectivity index (χ4v) is 2.93. The molecule has 0 radical (unpaired) electrons. The van der Waals surface area contributed by atoms with E-state index >= 15 is 0 Å². The molecule has 29 heavy (non-hydrogen) atoms. The molecule has 0 aliphatic carbocycles. The van der Waals surface area contributed by atoms with Crippen molar-refractivity contribution in [1.29, 1.82) is 0 Å². The largest absolute Gasteiger partial charge is 0.497 e. The van der Waals surface area contributed by atoms with E-state index in [1.54, 1.807) is 25.4 Å². The van der Waals surface area contributed by atoms with Crippen molar-refractivity contribution in [3.8, 4) is 17.4 Å². The second-order valence-corrected chi connectivity index (χ2v) is 6.59. The molecule has 0 spiro atoms. The molecule has 0 atom stereocenters. The first-order chi connectivity index (χ1) is 14.1. The number of hydrogen-bond donors (Lipinski definition) is 2. The topological polar surface area (TPSA) is 89.1 Å². The predicted octanol–water partition coefficient (Wildman–Crippen LogP) is 4.00. The molecule has 7 heteroatoms. The number of aryl methyl sites for hydroxylation is 1. The van der Waals surface area contributed by atoms with Gasteiger partial charge in [-0.25, -0.2) is 4.98 Å². The van der Waals surface area contributed by atoms with Crippen molar-refractivity contribution in [3.63, 3.8) is 0 Å². The minimum atomic E-state index is -0.237. The maximum atomic E-state index is 12.5. The molecule has 0 fully saturated rings. The fraction of sp³-hybridized carbons (Fsp3) is 0.136. The van der Waals surface area contributed by atoms with Crippen LogP contribution in [0.25, 0.3) is 10.9 Å². The van der Waals surface area contributed by atoms with Gasteiger partial charge in [0.15, 0.2) is 5.69 Å². The number of H-pyrrole nitrogens is 1. The first-order valence-electron chi connectivity index (χ1n) is 9.12. The van der Waals surface area contributed by atoms with Gasteiger partial charge in [0.05, 0.1) is 12.6 Å². The molecule has 2 aromatic heterocycles. The minimum Gasteiger partial charge on any atom is -0.497 e. The van der Waals surface area contributed by atoms with Gasteiger partial charge in [-0.2, -0.15) is 5.10 Å². The molecule has 2 N–H and O–H groups in total. The van der Waals surface area contributed by atoms with Crippen LogP contribution in [-0.4, -0.2) is 28.2 Å². The summed E-state index contributed by atoms with van der Waals surface area (Å²) in [7, 11) is 1.60. The Morgan fingerprint density at radius 2 is 1.97 bits per heavy atom. The third kappa shape index (κ3) is 4.19. The molecule has 2 heterocycles. The summed E-state index contributed by atoms with van der Waals surface area (Å²) in [5, 5.41) is 10.7. The van der Waals surface area contributed by atoms with Gasteiger partial charge in [-0.15, -0.1) is 0 Å². The Labute approximate surface area is 167 Å². The molecule has 0 aliphatic rings. The number of methoxy groups -OCH3 is 1. The van der Waals surface area contributed by atoms with E-state index < -0.39 is 0 Å². The molecule has 146 valence electrons. The number of ether oxygens (including phenoxy) is 2. The third-order valence-corrected chi connectivity index (χ3v) is 4.45. The Morgan fingerprint density at radius 3 is 2.76 bits per heavy atom. The number of fused-ring (bicyclic) bond motifs is 1. The van der Waals surface area contributed by atoms with E-state index in [0.717, 1.165) is 22.0 Å². The quantitative estimate of drug-likeness (QED) is 0.521. The van der Waals surface area contributed by atoms with Gasteiger partial charge >= 0.3 is 0 Å². The lowest BCUT2D eigenvalue weighted by molar-refractivity contribution is 0.0947. The summed E-state index contributed by atoms with van der Waals surface area (Å²) in [5.74, 6) is 1.57. The normalized spacial score (nSPS) is 10.7. The molecule has 0 aliphatic heterocycles. The molecule has 0 bridgehead atoms. The first-order valence-corrected chi connectivity index (χ1v) is 9.12. The van der Waals surface area contributed by atoms with E-state index in [1.165, 1.54) is 0 Å².